The summed E-state index contributed by atoms with van der Waals surface area (Å²) < 4.78 is 5.38. The molecule has 0 fully saturated rings. The van der Waals surface area contributed by atoms with E-state index in [0.717, 1.165) is 19.3 Å². The third-order valence-electron chi connectivity index (χ3n) is 4.15. The molecule has 2 atom stereocenters. The molecule has 0 heterocycles. The molecule has 1 radical (unpaired) electrons. The van der Waals surface area contributed by atoms with Crippen molar-refractivity contribution in [2.24, 2.45) is 5.92 Å². The summed E-state index contributed by atoms with van der Waals surface area (Å²) in [5.74, 6) is 0.619. The van der Waals surface area contributed by atoms with Crippen molar-refractivity contribution in [3.63, 3.8) is 0 Å². The van der Waals surface area contributed by atoms with Gasteiger partial charge in [-0.15, -0.1) is 0 Å². The van der Waals surface area contributed by atoms with Crippen LogP contribution in [0.4, 0.5) is 0 Å². The van der Waals surface area contributed by atoms with E-state index >= 15 is 0 Å². The number of hydrogen-bond acceptors (Lipinski definition) is 2. The summed E-state index contributed by atoms with van der Waals surface area (Å²) in [5, 5.41) is 0. The predicted octanol–water partition coefficient (Wildman–Crippen LogP) is 5.64. The molecule has 0 aromatic heterocycles. The van der Waals surface area contributed by atoms with Gasteiger partial charge >= 0.3 is 5.97 Å². The average Bonchev–Trinajstić information content (AvgIpc) is 2.60. The zero-order valence-electron chi connectivity index (χ0n) is 16.1. The second-order valence-electron chi connectivity index (χ2n) is 6.44. The SMILES string of the molecule is [CH2-]C(C)CC(CCC(=O)OCCc1ccccc1)c1ccccc1.[CH3-].[Y]. The van der Waals surface area contributed by atoms with Gasteiger partial charge in [0, 0.05) is 45.6 Å². The van der Waals surface area contributed by atoms with Crippen LogP contribution in [0.1, 0.15) is 43.2 Å². The van der Waals surface area contributed by atoms with E-state index in [1.807, 2.05) is 36.4 Å². The molecular formula is C23H30O2Y-2. The predicted molar refractivity (Wildman–Crippen MR) is 105 cm³/mol. The Morgan fingerprint density at radius 3 is 2.19 bits per heavy atom. The molecule has 0 saturated heterocycles. The summed E-state index contributed by atoms with van der Waals surface area (Å²) in [4.78, 5) is 12.0. The van der Waals surface area contributed by atoms with E-state index in [2.05, 4.69) is 38.1 Å². The maximum absolute atomic E-state index is 12.0. The number of rotatable bonds is 9. The Labute approximate surface area is 184 Å². The van der Waals surface area contributed by atoms with Crippen LogP contribution in [0.15, 0.2) is 60.7 Å². The van der Waals surface area contributed by atoms with E-state index in [-0.39, 0.29) is 46.1 Å². The molecule has 2 rings (SSSR count). The van der Waals surface area contributed by atoms with E-state index in [4.69, 9.17) is 4.74 Å². The molecule has 0 aliphatic carbocycles. The second kappa shape index (κ2) is 14.1. The fourth-order valence-electron chi connectivity index (χ4n) is 2.92. The Balaban J connectivity index is 0.00000312. The maximum atomic E-state index is 12.0. The van der Waals surface area contributed by atoms with Gasteiger partial charge in [0.2, 0.25) is 0 Å². The molecule has 2 nitrogen and oxygen atoms in total. The van der Waals surface area contributed by atoms with E-state index in [1.54, 1.807) is 0 Å². The first kappa shape index (κ1) is 25.0. The Morgan fingerprint density at radius 1 is 1.04 bits per heavy atom. The summed E-state index contributed by atoms with van der Waals surface area (Å²) in [5.41, 5.74) is 2.48. The van der Waals surface area contributed by atoms with Crippen molar-refractivity contribution >= 4 is 5.97 Å². The number of carbonyl (C=O) groups excluding carboxylic acids is 1. The Bertz CT molecular complexity index is 596. The van der Waals surface area contributed by atoms with Crippen molar-refractivity contribution in [2.75, 3.05) is 6.61 Å². The van der Waals surface area contributed by atoms with Crippen LogP contribution in [0.3, 0.4) is 0 Å². The van der Waals surface area contributed by atoms with Crippen LogP contribution in [0.25, 0.3) is 0 Å². The normalized spacial score (nSPS) is 12.2. The number of carbonyl (C=O) groups is 1. The topological polar surface area (TPSA) is 26.3 Å². The van der Waals surface area contributed by atoms with Gasteiger partial charge in [0.05, 0.1) is 6.61 Å². The van der Waals surface area contributed by atoms with E-state index in [1.165, 1.54) is 11.1 Å². The van der Waals surface area contributed by atoms with Gasteiger partial charge in [-0.1, -0.05) is 74.0 Å². The molecule has 3 heteroatoms. The van der Waals surface area contributed by atoms with E-state index in [0.29, 0.717) is 24.9 Å². The Kier molecular flexibility index (Phi) is 13.6. The number of hydrogen-bond donors (Lipinski definition) is 0. The molecule has 0 N–H and O–H groups in total. The van der Waals surface area contributed by atoms with E-state index in [9.17, 15) is 4.79 Å². The van der Waals surface area contributed by atoms with Gasteiger partial charge in [-0.2, -0.15) is 5.92 Å². The summed E-state index contributed by atoms with van der Waals surface area (Å²) in [7, 11) is 0. The van der Waals surface area contributed by atoms with Gasteiger partial charge in [-0.3, -0.25) is 4.79 Å². The van der Waals surface area contributed by atoms with Crippen LogP contribution in [-0.2, 0) is 48.7 Å². The third kappa shape index (κ3) is 9.64. The molecule has 26 heavy (non-hydrogen) atoms. The monoisotopic (exact) mass is 427 g/mol. The molecule has 0 aliphatic heterocycles. The van der Waals surface area contributed by atoms with Crippen LogP contribution in [0.2, 0.25) is 0 Å². The standard InChI is InChI=1S/C22H27O2.CH3.Y/c1-18(2)17-21(20-11-7-4-8-12-20)13-14-22(23)24-16-15-19-9-5-3-6-10-19;;/h3-12,18,21H,1,13-17H2,2H3;1H3;/q2*-1;. The fraction of sp³-hybridized carbons (Fsp3) is 0.348. The first-order valence-electron chi connectivity index (χ1n) is 8.72. The first-order chi connectivity index (χ1) is 11.6. The van der Waals surface area contributed by atoms with Crippen LogP contribution < -0.4 is 0 Å². The largest absolute Gasteiger partial charge is 0.465 e. The average molecular weight is 427 g/mol. The molecule has 0 spiro atoms. The zero-order chi connectivity index (χ0) is 17.2. The fourth-order valence-corrected chi connectivity index (χ4v) is 2.92. The van der Waals surface area contributed by atoms with Gasteiger partial charge in [-0.05, 0) is 23.5 Å². The van der Waals surface area contributed by atoms with Gasteiger partial charge < -0.3 is 19.1 Å². The molecular weight excluding hydrogens is 397 g/mol. The smallest absolute Gasteiger partial charge is 0.305 e. The minimum absolute atomic E-state index is 0. The number of ether oxygens (including phenoxy) is 1. The van der Waals surface area contributed by atoms with Crippen LogP contribution >= 0.6 is 0 Å². The van der Waals surface area contributed by atoms with Crippen LogP contribution in [0, 0.1) is 20.3 Å². The minimum Gasteiger partial charge on any atom is -0.465 e. The van der Waals surface area contributed by atoms with Gasteiger partial charge in [0.15, 0.2) is 0 Å². The molecule has 2 aromatic carbocycles. The molecule has 0 amide bonds. The molecule has 2 unspecified atom stereocenters. The quantitative estimate of drug-likeness (QED) is 0.382. The van der Waals surface area contributed by atoms with Crippen molar-refractivity contribution in [1.82, 2.24) is 0 Å². The molecule has 0 saturated carbocycles. The summed E-state index contributed by atoms with van der Waals surface area (Å²) in [6.45, 7) is 6.67. The third-order valence-corrected chi connectivity index (χ3v) is 4.15. The first-order valence-corrected chi connectivity index (χ1v) is 8.72. The van der Waals surface area contributed by atoms with Crippen molar-refractivity contribution < 1.29 is 42.2 Å². The van der Waals surface area contributed by atoms with Gasteiger partial charge in [0.1, 0.15) is 0 Å². The molecule has 0 aliphatic rings. The van der Waals surface area contributed by atoms with Crippen molar-refractivity contribution in [2.45, 2.75) is 38.5 Å². The maximum Gasteiger partial charge on any atom is 0.305 e. The van der Waals surface area contributed by atoms with Crippen molar-refractivity contribution in [3.05, 3.63) is 86.1 Å². The Hall–Kier alpha value is -0.986. The molecule has 2 aromatic rings. The number of benzene rings is 2. The second-order valence-corrected chi connectivity index (χ2v) is 6.44. The zero-order valence-corrected chi connectivity index (χ0v) is 18.9. The minimum atomic E-state index is -0.108. The molecule has 139 valence electrons. The van der Waals surface area contributed by atoms with Gasteiger partial charge in [-0.25, -0.2) is 0 Å². The Morgan fingerprint density at radius 2 is 1.62 bits per heavy atom. The molecule has 0 bridgehead atoms. The van der Waals surface area contributed by atoms with Gasteiger partial charge in [0.25, 0.3) is 0 Å². The summed E-state index contributed by atoms with van der Waals surface area (Å²) >= 11 is 0. The van der Waals surface area contributed by atoms with Crippen LogP contribution in [-0.4, -0.2) is 12.6 Å². The van der Waals surface area contributed by atoms with E-state index < -0.39 is 0 Å². The summed E-state index contributed by atoms with van der Waals surface area (Å²) in [6, 6.07) is 20.5. The van der Waals surface area contributed by atoms with Crippen molar-refractivity contribution in [1.29, 1.82) is 0 Å². The summed E-state index contributed by atoms with van der Waals surface area (Å²) in [6.07, 6.45) is 3.03. The van der Waals surface area contributed by atoms with Crippen molar-refractivity contribution in [3.8, 4) is 0 Å². The number of esters is 1. The van der Waals surface area contributed by atoms with Crippen LogP contribution in [0.5, 0.6) is 0 Å².